The van der Waals surface area contributed by atoms with Crippen molar-refractivity contribution in [3.8, 4) is 5.75 Å². The van der Waals surface area contributed by atoms with Crippen molar-refractivity contribution in [3.63, 3.8) is 0 Å². The summed E-state index contributed by atoms with van der Waals surface area (Å²) in [7, 11) is 1.90. The zero-order valence-corrected chi connectivity index (χ0v) is 40.7. The summed E-state index contributed by atoms with van der Waals surface area (Å²) in [5.74, 6) is 3.33. The first-order valence-electron chi connectivity index (χ1n) is 23.8. The number of carbonyl (C=O) groups is 2. The Balaban J connectivity index is 1.42. The van der Waals surface area contributed by atoms with Crippen LogP contribution >= 0.6 is 23.4 Å². The van der Waals surface area contributed by atoms with Gasteiger partial charge in [0.05, 0.1) is 12.3 Å². The van der Waals surface area contributed by atoms with Crippen molar-refractivity contribution >= 4 is 41.4 Å². The van der Waals surface area contributed by atoms with Crippen molar-refractivity contribution < 1.29 is 24.2 Å². The van der Waals surface area contributed by atoms with E-state index in [1.165, 1.54) is 16.0 Å². The van der Waals surface area contributed by atoms with Gasteiger partial charge in [0.25, 0.3) is 5.91 Å². The molecule has 2 amide bonds. The molecule has 0 bridgehead atoms. The Labute approximate surface area is 393 Å². The number of fused-ring (bicyclic) bond motifs is 1. The van der Waals surface area contributed by atoms with Crippen molar-refractivity contribution in [3.05, 3.63) is 101 Å². The fraction of sp³-hybridized carbons (Fsp3) is 0.577. The Morgan fingerprint density at radius 3 is 2.59 bits per heavy atom. The van der Waals surface area contributed by atoms with Crippen LogP contribution in [0.5, 0.6) is 5.75 Å². The summed E-state index contributed by atoms with van der Waals surface area (Å²) in [5.41, 5.74) is 3.38. The minimum absolute atomic E-state index is 0.0832. The number of hydrogen-bond acceptors (Lipinski definition) is 9. The second kappa shape index (κ2) is 27.2. The third kappa shape index (κ3) is 15.2. The zero-order valence-electron chi connectivity index (χ0n) is 39.2. The number of nitrogens with one attached hydrogen (secondary N) is 3. The molecule has 5 unspecified atom stereocenters. The number of methoxy groups -OCH3 is 1. The number of aliphatic hydroxyl groups is 1. The van der Waals surface area contributed by atoms with E-state index in [1.807, 2.05) is 37.1 Å². The largest absolute Gasteiger partial charge is 0.491 e. The van der Waals surface area contributed by atoms with Crippen LogP contribution in [0.15, 0.2) is 83.8 Å². The standard InChI is InChI=1S/C52H76ClN5O5S/c1-6-14-41-31-45(53)20-21-47(41)44-34-58(49-32-42(51(61)56-38-60)19-23-50(49)63-35-44)33-43-18-22-48(43)52(62-5,24-13-15-40(4)39(2)3)36-57(29-27-54-25-26-55-37-59)28-11-8-12-30-64-46-16-9-7-10-17-46/h7,9-10,13,16-17,19-21,23-24,31-32,37,39-40,43-44,48,54,60H,6,8,11-12,14-15,18,22,25-30,33-36,38H2,1-5H3,(H,55,59)(H,56,61)/b24-13+. The van der Waals surface area contributed by atoms with Crippen LogP contribution in [-0.4, -0.2) is 106 Å². The monoisotopic (exact) mass is 918 g/mol. The Morgan fingerprint density at radius 1 is 1.05 bits per heavy atom. The molecule has 3 aromatic rings. The number of carbonyl (C=O) groups excluding carboxylic acids is 2. The lowest BCUT2D eigenvalue weighted by molar-refractivity contribution is -0.109. The van der Waals surface area contributed by atoms with Gasteiger partial charge in [-0.3, -0.25) is 14.5 Å². The molecule has 1 fully saturated rings. The van der Waals surface area contributed by atoms with Gasteiger partial charge in [0.2, 0.25) is 6.41 Å². The van der Waals surface area contributed by atoms with E-state index in [4.69, 9.17) is 21.1 Å². The van der Waals surface area contributed by atoms with Crippen molar-refractivity contribution in [2.75, 3.05) is 83.5 Å². The van der Waals surface area contributed by atoms with Gasteiger partial charge in [-0.1, -0.05) is 88.6 Å². The third-order valence-corrected chi connectivity index (χ3v) is 14.7. The number of allylic oxidation sites excluding steroid dienone is 1. The number of ether oxygens (including phenoxy) is 2. The van der Waals surface area contributed by atoms with Gasteiger partial charge in [0, 0.05) is 74.3 Å². The van der Waals surface area contributed by atoms with Gasteiger partial charge in [-0.15, -0.1) is 11.8 Å². The number of hydrogen-bond donors (Lipinski definition) is 4. The van der Waals surface area contributed by atoms with Crippen LogP contribution in [0.2, 0.25) is 5.02 Å². The lowest BCUT2D eigenvalue weighted by atomic mass is 9.63. The molecule has 4 N–H and O–H groups in total. The molecule has 10 nitrogen and oxygen atoms in total. The van der Waals surface area contributed by atoms with Gasteiger partial charge < -0.3 is 35.4 Å². The normalized spacial score (nSPS) is 18.8. The Bertz CT molecular complexity index is 1890. The molecule has 2 aliphatic rings. The number of amides is 2. The average molecular weight is 919 g/mol. The van der Waals surface area contributed by atoms with Crippen LogP contribution in [0, 0.1) is 23.7 Å². The van der Waals surface area contributed by atoms with E-state index >= 15 is 0 Å². The molecule has 1 saturated carbocycles. The van der Waals surface area contributed by atoms with E-state index in [0.717, 1.165) is 126 Å². The molecule has 3 aromatic carbocycles. The maximum Gasteiger partial charge on any atom is 0.253 e. The first-order valence-corrected chi connectivity index (χ1v) is 25.2. The highest BCUT2D eigenvalue weighted by Crippen LogP contribution is 2.47. The maximum absolute atomic E-state index is 13.1. The SMILES string of the molecule is CCCc1cc(Cl)ccc1C1COc2ccc(C(=O)NCO)cc2N(CC2CCC2C(/C=C/CC(C)C(C)C)(CN(CCCCCSc2ccccc2)CCNCCNC=O)OC)C1. The van der Waals surface area contributed by atoms with Crippen molar-refractivity contribution in [1.82, 2.24) is 20.9 Å². The number of unbranched alkanes of at least 4 members (excludes halogenated alkanes) is 2. The molecule has 64 heavy (non-hydrogen) atoms. The van der Waals surface area contributed by atoms with Gasteiger partial charge in [-0.2, -0.15) is 0 Å². The molecule has 12 heteroatoms. The van der Waals surface area contributed by atoms with E-state index in [0.29, 0.717) is 36.5 Å². The molecule has 1 aliphatic heterocycles. The molecule has 1 heterocycles. The number of rotatable bonds is 29. The van der Waals surface area contributed by atoms with Gasteiger partial charge in [-0.25, -0.2) is 0 Å². The number of aryl methyl sites for hydroxylation is 1. The molecular formula is C52H76ClN5O5S. The summed E-state index contributed by atoms with van der Waals surface area (Å²) in [5, 5.41) is 19.2. The van der Waals surface area contributed by atoms with Gasteiger partial charge in [0.15, 0.2) is 0 Å². The van der Waals surface area contributed by atoms with E-state index in [-0.39, 0.29) is 17.7 Å². The summed E-state index contributed by atoms with van der Waals surface area (Å²) in [6.07, 6.45) is 14.0. The number of nitrogens with zero attached hydrogens (tertiary/aromatic N) is 2. The van der Waals surface area contributed by atoms with Crippen LogP contribution < -0.4 is 25.6 Å². The fourth-order valence-electron chi connectivity index (χ4n) is 9.20. The van der Waals surface area contributed by atoms with Crippen LogP contribution in [0.4, 0.5) is 5.69 Å². The summed E-state index contributed by atoms with van der Waals surface area (Å²) >= 11 is 8.49. The van der Waals surface area contributed by atoms with E-state index < -0.39 is 12.3 Å². The van der Waals surface area contributed by atoms with Crippen molar-refractivity contribution in [2.24, 2.45) is 23.7 Å². The summed E-state index contributed by atoms with van der Waals surface area (Å²) in [6.45, 7) is 15.5. The summed E-state index contributed by atoms with van der Waals surface area (Å²) < 4.78 is 13.5. The lowest BCUT2D eigenvalue weighted by Gasteiger charge is -2.51. The van der Waals surface area contributed by atoms with Crippen LogP contribution in [0.3, 0.4) is 0 Å². The van der Waals surface area contributed by atoms with Crippen molar-refractivity contribution in [1.29, 1.82) is 0 Å². The molecule has 0 aromatic heterocycles. The third-order valence-electron chi connectivity index (χ3n) is 13.4. The van der Waals surface area contributed by atoms with E-state index in [9.17, 15) is 14.7 Å². The van der Waals surface area contributed by atoms with Crippen molar-refractivity contribution in [2.45, 2.75) is 95.5 Å². The van der Waals surface area contributed by atoms with E-state index in [1.54, 1.807) is 6.07 Å². The molecule has 0 radical (unpaired) electrons. The minimum Gasteiger partial charge on any atom is -0.491 e. The van der Waals surface area contributed by atoms with Gasteiger partial charge in [-0.05, 0) is 128 Å². The quantitative estimate of drug-likeness (QED) is 0.0178. The topological polar surface area (TPSA) is 115 Å². The second-order valence-electron chi connectivity index (χ2n) is 18.1. The molecule has 5 rings (SSSR count). The van der Waals surface area contributed by atoms with Gasteiger partial charge >= 0.3 is 0 Å². The highest BCUT2D eigenvalue weighted by atomic mass is 35.5. The minimum atomic E-state index is -0.514. The first kappa shape index (κ1) is 51.4. The molecular weight excluding hydrogens is 842 g/mol. The Hall–Kier alpha value is -3.58. The number of anilines is 1. The second-order valence-corrected chi connectivity index (χ2v) is 19.7. The average Bonchev–Trinajstić information content (AvgIpc) is 3.46. The molecule has 5 atom stereocenters. The molecule has 352 valence electrons. The maximum atomic E-state index is 13.1. The zero-order chi connectivity index (χ0) is 45.7. The van der Waals surface area contributed by atoms with E-state index in [2.05, 4.69) is 108 Å². The molecule has 0 spiro atoms. The van der Waals surface area contributed by atoms with Gasteiger partial charge in [0.1, 0.15) is 18.1 Å². The smallest absolute Gasteiger partial charge is 0.253 e. The number of halogens is 1. The lowest BCUT2D eigenvalue weighted by Crippen LogP contribution is -2.57. The first-order chi connectivity index (χ1) is 31.1. The molecule has 0 saturated heterocycles. The van der Waals surface area contributed by atoms with Crippen LogP contribution in [0.1, 0.15) is 100 Å². The highest BCUT2D eigenvalue weighted by molar-refractivity contribution is 7.99. The van der Waals surface area contributed by atoms with Crippen LogP contribution in [0.25, 0.3) is 0 Å². The summed E-state index contributed by atoms with van der Waals surface area (Å²) in [4.78, 5) is 30.4. The number of thioether (sulfide) groups is 1. The Kier molecular flexibility index (Phi) is 21.8. The number of benzene rings is 3. The Morgan fingerprint density at radius 2 is 1.88 bits per heavy atom. The predicted molar refractivity (Wildman–Crippen MR) is 265 cm³/mol. The van der Waals surface area contributed by atoms with Crippen LogP contribution in [-0.2, 0) is 16.0 Å². The summed E-state index contributed by atoms with van der Waals surface area (Å²) in [6, 6.07) is 22.5. The highest BCUT2D eigenvalue weighted by Gasteiger charge is 2.48. The number of aliphatic hydroxyl groups excluding tert-OH is 1. The predicted octanol–water partition coefficient (Wildman–Crippen LogP) is 9.20. The molecule has 1 aliphatic carbocycles. The fourth-order valence-corrected chi connectivity index (χ4v) is 10.3.